The zero-order valence-corrected chi connectivity index (χ0v) is 3.03. The Morgan fingerprint density at radius 3 is 0.800 bits per heavy atom. The average Bonchev–Trinajstić information content (AvgIpc) is 1.00. The van der Waals surface area contributed by atoms with E-state index in [4.69, 9.17) is 0 Å². The second-order valence-electron chi connectivity index (χ2n) is 0. The van der Waals surface area contributed by atoms with Crippen LogP contribution in [0.15, 0.2) is 0 Å². The fraction of sp³-hybridized carbons (Fsp3) is 0. The van der Waals surface area contributed by atoms with Crippen LogP contribution >= 0.6 is 12.8 Å². The molecule has 1 radical (unpaired) electrons. The first kappa shape index (κ1) is 70.9. The van der Waals surface area contributed by atoms with E-state index in [1.54, 1.807) is 0 Å². The van der Waals surface area contributed by atoms with Crippen molar-refractivity contribution in [1.82, 2.24) is 0 Å². The van der Waals surface area contributed by atoms with Gasteiger partial charge in [0.25, 0.3) is 0 Å². The second kappa shape index (κ2) is 3940. The van der Waals surface area contributed by atoms with Crippen LogP contribution in [0.1, 0.15) is 0 Å². The lowest BCUT2D eigenvalue weighted by atomic mass is 14.0. The highest BCUT2D eigenvalue weighted by Gasteiger charge is 0.876. The van der Waals surface area contributed by atoms with Crippen LogP contribution in [0, 0.1) is 0 Å². The highest BCUT2D eigenvalue weighted by molar-refractivity contribution is 7.77. The van der Waals surface area contributed by atoms with E-state index in [1.807, 2.05) is 0 Å². The van der Waals surface area contributed by atoms with Crippen molar-refractivity contribution in [2.45, 2.75) is 0 Å². The molecule has 0 aromatic carbocycles. The molecule has 0 aliphatic rings. The molecule has 5 heavy (non-hydrogen) atoms. The normalized spacial score (nSPS) is 1.20. The Morgan fingerprint density at radius 2 is 0.800 bits per heavy atom. The second-order valence-corrected chi connectivity index (χ2v) is 0. The average molecular weight is 108 g/mol. The Labute approximate surface area is 33.2 Å². The van der Waals surface area contributed by atoms with Gasteiger partial charge in [0.2, 0.25) is 0 Å². The summed E-state index contributed by atoms with van der Waals surface area (Å²) in [6, 6.07) is 0. The van der Waals surface area contributed by atoms with Crippen molar-refractivity contribution in [2.24, 2.45) is 5.14 Å². The SMILES string of the molecule is F.F.F.N[S]. The number of hydrogen-bond acceptors (Lipinski definition) is 1. The first-order valence-corrected chi connectivity index (χ1v) is 0.707. The Hall–Kier alpha value is 0.100. The van der Waals surface area contributed by atoms with E-state index < -0.39 is 0 Å². The first-order chi connectivity index (χ1) is 1.00. The molecule has 0 heterocycles. The molecule has 0 atom stereocenters. The highest BCUT2D eigenvalue weighted by atomic mass is 32.1. The van der Waals surface area contributed by atoms with E-state index in [-0.39, 0.29) is 14.1 Å². The van der Waals surface area contributed by atoms with Crippen molar-refractivity contribution in [1.29, 1.82) is 0 Å². The number of nitrogens with two attached hydrogens (primary N) is 1. The van der Waals surface area contributed by atoms with Crippen LogP contribution in [0.4, 0.5) is 14.1 Å². The van der Waals surface area contributed by atoms with Gasteiger partial charge < -0.3 is 0 Å². The van der Waals surface area contributed by atoms with Crippen LogP contribution in [0.25, 0.3) is 0 Å². The minimum atomic E-state index is 0. The van der Waals surface area contributed by atoms with Gasteiger partial charge in [0.1, 0.15) is 0 Å². The molecule has 2 N–H and O–H groups in total. The zero-order chi connectivity index (χ0) is 2.00. The third kappa shape index (κ3) is 1810. The van der Waals surface area contributed by atoms with E-state index in [9.17, 15) is 0 Å². The molecule has 0 unspecified atom stereocenters. The largest absolute Gasteiger partial charge is 0.269 e. The van der Waals surface area contributed by atoms with Gasteiger partial charge in [-0.3, -0.25) is 19.3 Å². The third-order valence-corrected chi connectivity index (χ3v) is 0. The minimum Gasteiger partial charge on any atom is -0.269 e. The lowest BCUT2D eigenvalue weighted by Gasteiger charge is -1.14. The quantitative estimate of drug-likeness (QED) is 0.481. The van der Waals surface area contributed by atoms with E-state index in [2.05, 4.69) is 18.0 Å². The van der Waals surface area contributed by atoms with Gasteiger partial charge in [-0.1, -0.05) is 0 Å². The summed E-state index contributed by atoms with van der Waals surface area (Å²) in [5, 5.41) is 4.08. The molecule has 0 aliphatic heterocycles. The highest BCUT2D eigenvalue weighted by Crippen LogP contribution is 1.12. The molecular weight excluding hydrogens is 103 g/mol. The van der Waals surface area contributed by atoms with Crippen molar-refractivity contribution in [3.05, 3.63) is 0 Å². The summed E-state index contributed by atoms with van der Waals surface area (Å²) in [6.45, 7) is 0. The van der Waals surface area contributed by atoms with E-state index >= 15 is 0 Å². The summed E-state index contributed by atoms with van der Waals surface area (Å²) in [4.78, 5) is 0. The van der Waals surface area contributed by atoms with Gasteiger partial charge >= 0.3 is 0 Å². The van der Waals surface area contributed by atoms with Crippen molar-refractivity contribution < 1.29 is 14.1 Å². The van der Waals surface area contributed by atoms with Gasteiger partial charge in [0.15, 0.2) is 0 Å². The van der Waals surface area contributed by atoms with Gasteiger partial charge in [-0.25, -0.2) is 0 Å². The fourth-order valence-electron chi connectivity index (χ4n) is 0. The molecule has 0 bridgehead atoms. The molecule has 0 saturated carbocycles. The summed E-state index contributed by atoms with van der Waals surface area (Å²) in [7, 11) is 0. The van der Waals surface area contributed by atoms with Gasteiger partial charge in [-0.05, 0) is 0 Å². The van der Waals surface area contributed by atoms with Gasteiger partial charge in [0, 0.05) is 12.8 Å². The summed E-state index contributed by atoms with van der Waals surface area (Å²) in [5.74, 6) is 0. The molecule has 0 aromatic heterocycles. The van der Waals surface area contributed by atoms with Crippen LogP contribution in [0.3, 0.4) is 0 Å². The Kier molecular flexibility index (Phi) is 55800. The molecular formula is H5F3NS. The summed E-state index contributed by atoms with van der Waals surface area (Å²) < 4.78 is 0. The number of halogens is 3. The smallest absolute Gasteiger partial charge is 0.00201 e. The molecule has 0 fully saturated rings. The molecule has 0 amide bonds. The third-order valence-electron chi connectivity index (χ3n) is 0. The van der Waals surface area contributed by atoms with Gasteiger partial charge in [-0.15, -0.1) is 0 Å². The molecule has 0 spiro atoms. The van der Waals surface area contributed by atoms with Crippen LogP contribution in [0.2, 0.25) is 0 Å². The molecule has 1 nitrogen and oxygen atoms in total. The Morgan fingerprint density at radius 1 is 0.800 bits per heavy atom. The molecule has 37 valence electrons. The van der Waals surface area contributed by atoms with Gasteiger partial charge in [0.05, 0.1) is 0 Å². The number of hydrogen-bond donors (Lipinski definition) is 1. The lowest BCUT2D eigenvalue weighted by Crippen LogP contribution is -1.49. The standard InChI is InChI=1S/3FH.H2NS/c;;;1-2/h3*1H;1H2. The molecule has 0 aromatic rings. The maximum Gasteiger partial charge on any atom is 0.00201 e. The van der Waals surface area contributed by atoms with Crippen molar-refractivity contribution in [3.8, 4) is 0 Å². The van der Waals surface area contributed by atoms with Crippen LogP contribution in [-0.2, 0) is 0 Å². The minimum absolute atomic E-state index is 0. The lowest BCUT2D eigenvalue weighted by molar-refractivity contribution is 1.11. The van der Waals surface area contributed by atoms with Crippen molar-refractivity contribution in [3.63, 3.8) is 0 Å². The first-order valence-electron chi connectivity index (χ1n) is 0.236. The summed E-state index contributed by atoms with van der Waals surface area (Å²) in [6.07, 6.45) is 0. The van der Waals surface area contributed by atoms with Crippen LogP contribution in [0.5, 0.6) is 0 Å². The van der Waals surface area contributed by atoms with Gasteiger partial charge in [-0.2, -0.15) is 0 Å². The monoisotopic (exact) mass is 108 g/mol. The van der Waals surface area contributed by atoms with Crippen LogP contribution in [-0.4, -0.2) is 0 Å². The predicted octanol–water partition coefficient (Wildman–Crippen LogP) is 0.515. The Bertz CT molecular complexity index is 6.85. The molecule has 0 aliphatic carbocycles. The van der Waals surface area contributed by atoms with E-state index in [0.717, 1.165) is 0 Å². The fourth-order valence-corrected chi connectivity index (χ4v) is 0. The molecule has 5 heteroatoms. The van der Waals surface area contributed by atoms with Crippen molar-refractivity contribution >= 4 is 12.8 Å². The maximum atomic E-state index is 4.08. The summed E-state index contributed by atoms with van der Waals surface area (Å²) >= 11 is 3.58. The molecule has 0 saturated heterocycles. The van der Waals surface area contributed by atoms with E-state index in [0.29, 0.717) is 0 Å². The van der Waals surface area contributed by atoms with Crippen LogP contribution < -0.4 is 5.14 Å². The zero-order valence-electron chi connectivity index (χ0n) is 2.21. The van der Waals surface area contributed by atoms with E-state index in [1.165, 1.54) is 0 Å². The van der Waals surface area contributed by atoms with Crippen molar-refractivity contribution in [2.75, 3.05) is 0 Å². The summed E-state index contributed by atoms with van der Waals surface area (Å²) in [5.41, 5.74) is 0. The predicted molar refractivity (Wildman–Crippen MR) is 19.3 cm³/mol. The Balaban J connectivity index is -0.00000000167. The molecule has 0 rings (SSSR count). The number of rotatable bonds is 0. The maximum absolute atomic E-state index is 4.08. The topological polar surface area (TPSA) is 26.0 Å².